The summed E-state index contributed by atoms with van der Waals surface area (Å²) in [6, 6.07) is 7.64. The van der Waals surface area contributed by atoms with E-state index < -0.39 is 0 Å². The molecule has 140 valence electrons. The fourth-order valence-corrected chi connectivity index (χ4v) is 3.62. The minimum absolute atomic E-state index is 0.115. The van der Waals surface area contributed by atoms with Crippen molar-refractivity contribution in [2.45, 2.75) is 45.6 Å². The maximum Gasteiger partial charge on any atom is 0.293 e. The molecule has 0 aliphatic carbocycles. The van der Waals surface area contributed by atoms with Crippen LogP contribution in [0, 0.1) is 5.92 Å². The lowest BCUT2D eigenvalue weighted by atomic mass is 9.91. The molecule has 1 aromatic carbocycles. The standard InChI is InChI=1S/C19H26ClN5O/c1-3-6-17-22-18(23-25(17)16-8-5-4-7-15(16)20)19(26)24-11-9-14(10-12-24)13(2)21/h4-5,7-8,13-14H,3,6,9-12,21H2,1-2H3. The molecular weight excluding hydrogens is 350 g/mol. The molecule has 2 heterocycles. The topological polar surface area (TPSA) is 77.0 Å². The van der Waals surface area contributed by atoms with Crippen LogP contribution in [0.5, 0.6) is 0 Å². The van der Waals surface area contributed by atoms with E-state index in [1.54, 1.807) is 4.68 Å². The molecule has 1 aliphatic heterocycles. The van der Waals surface area contributed by atoms with E-state index >= 15 is 0 Å². The summed E-state index contributed by atoms with van der Waals surface area (Å²) in [6.07, 6.45) is 3.50. The van der Waals surface area contributed by atoms with Gasteiger partial charge in [-0.3, -0.25) is 4.79 Å². The Bertz CT molecular complexity index is 765. The molecule has 2 aromatic rings. The van der Waals surface area contributed by atoms with E-state index in [0.29, 0.717) is 24.0 Å². The highest BCUT2D eigenvalue weighted by molar-refractivity contribution is 6.32. The van der Waals surface area contributed by atoms with E-state index in [9.17, 15) is 4.79 Å². The number of para-hydroxylation sites is 1. The largest absolute Gasteiger partial charge is 0.336 e. The van der Waals surface area contributed by atoms with Gasteiger partial charge in [0.05, 0.1) is 10.7 Å². The van der Waals surface area contributed by atoms with Gasteiger partial charge in [0.1, 0.15) is 5.82 Å². The molecule has 0 radical (unpaired) electrons. The quantitative estimate of drug-likeness (QED) is 0.871. The monoisotopic (exact) mass is 375 g/mol. The van der Waals surface area contributed by atoms with Crippen LogP contribution in [0.3, 0.4) is 0 Å². The van der Waals surface area contributed by atoms with Crippen LogP contribution < -0.4 is 5.73 Å². The van der Waals surface area contributed by atoms with E-state index in [1.807, 2.05) is 36.1 Å². The van der Waals surface area contributed by atoms with Crippen molar-refractivity contribution in [3.8, 4) is 5.69 Å². The van der Waals surface area contributed by atoms with Crippen molar-refractivity contribution < 1.29 is 4.79 Å². The number of aryl methyl sites for hydroxylation is 1. The Morgan fingerprint density at radius 1 is 1.35 bits per heavy atom. The van der Waals surface area contributed by atoms with E-state index in [2.05, 4.69) is 17.0 Å². The number of piperidine rings is 1. The fourth-order valence-electron chi connectivity index (χ4n) is 3.41. The maximum atomic E-state index is 12.9. The molecule has 1 saturated heterocycles. The second-order valence-corrected chi connectivity index (χ2v) is 7.36. The highest BCUT2D eigenvalue weighted by Gasteiger charge is 2.28. The summed E-state index contributed by atoms with van der Waals surface area (Å²) in [7, 11) is 0. The second-order valence-electron chi connectivity index (χ2n) is 6.95. The zero-order chi connectivity index (χ0) is 18.7. The maximum absolute atomic E-state index is 12.9. The van der Waals surface area contributed by atoms with Crippen molar-refractivity contribution >= 4 is 17.5 Å². The fraction of sp³-hybridized carbons (Fsp3) is 0.526. The summed E-state index contributed by atoms with van der Waals surface area (Å²) < 4.78 is 1.70. The number of likely N-dealkylation sites (tertiary alicyclic amines) is 1. The Balaban J connectivity index is 1.84. The van der Waals surface area contributed by atoms with E-state index in [0.717, 1.165) is 37.2 Å². The van der Waals surface area contributed by atoms with E-state index in [4.69, 9.17) is 17.3 Å². The number of aromatic nitrogens is 3. The third kappa shape index (κ3) is 3.91. The Hall–Kier alpha value is -1.92. The molecule has 1 aliphatic rings. The molecule has 1 fully saturated rings. The number of rotatable bonds is 5. The number of halogens is 1. The molecule has 1 atom stereocenters. The summed E-state index contributed by atoms with van der Waals surface area (Å²) in [5.41, 5.74) is 6.74. The molecule has 3 rings (SSSR count). The number of amides is 1. The third-order valence-electron chi connectivity index (χ3n) is 4.99. The second kappa shape index (κ2) is 8.18. The molecule has 0 spiro atoms. The van der Waals surface area contributed by atoms with Gasteiger partial charge in [0, 0.05) is 25.6 Å². The van der Waals surface area contributed by atoms with Crippen LogP contribution >= 0.6 is 11.6 Å². The molecule has 0 saturated carbocycles. The van der Waals surface area contributed by atoms with Gasteiger partial charge in [-0.15, -0.1) is 5.10 Å². The van der Waals surface area contributed by atoms with Gasteiger partial charge in [0.2, 0.25) is 5.82 Å². The molecule has 2 N–H and O–H groups in total. The first-order valence-corrected chi connectivity index (χ1v) is 9.64. The summed E-state index contributed by atoms with van der Waals surface area (Å²) in [4.78, 5) is 19.2. The Morgan fingerprint density at radius 3 is 2.65 bits per heavy atom. The van der Waals surface area contributed by atoms with Gasteiger partial charge in [-0.1, -0.05) is 30.7 Å². The van der Waals surface area contributed by atoms with E-state index in [1.165, 1.54) is 0 Å². The minimum atomic E-state index is -0.115. The number of nitrogens with two attached hydrogens (primary N) is 1. The number of carbonyl (C=O) groups is 1. The van der Waals surface area contributed by atoms with Gasteiger partial charge in [-0.25, -0.2) is 9.67 Å². The molecule has 1 aromatic heterocycles. The van der Waals surface area contributed by atoms with Crippen LogP contribution in [-0.4, -0.2) is 44.7 Å². The number of hydrogen-bond donors (Lipinski definition) is 1. The lowest BCUT2D eigenvalue weighted by Crippen LogP contribution is -2.42. The van der Waals surface area contributed by atoms with Gasteiger partial charge >= 0.3 is 0 Å². The Kier molecular flexibility index (Phi) is 5.94. The summed E-state index contributed by atoms with van der Waals surface area (Å²) in [5.74, 6) is 1.36. The summed E-state index contributed by atoms with van der Waals surface area (Å²) in [6.45, 7) is 5.52. The smallest absolute Gasteiger partial charge is 0.293 e. The number of benzene rings is 1. The molecule has 6 nitrogen and oxygen atoms in total. The average molecular weight is 376 g/mol. The highest BCUT2D eigenvalue weighted by atomic mass is 35.5. The van der Waals surface area contributed by atoms with Crippen LogP contribution in [0.2, 0.25) is 5.02 Å². The molecular formula is C19H26ClN5O. The summed E-state index contributed by atoms with van der Waals surface area (Å²) in [5, 5.41) is 5.08. The zero-order valence-corrected chi connectivity index (χ0v) is 16.1. The predicted octanol–water partition coefficient (Wildman–Crippen LogP) is 3.07. The first kappa shape index (κ1) is 18.9. The number of carbonyl (C=O) groups excluding carboxylic acids is 1. The van der Waals surface area contributed by atoms with Gasteiger partial charge in [-0.05, 0) is 44.2 Å². The van der Waals surface area contributed by atoms with Gasteiger partial charge in [0.25, 0.3) is 5.91 Å². The Labute approximate surface area is 159 Å². The van der Waals surface area contributed by atoms with Crippen LogP contribution in [-0.2, 0) is 6.42 Å². The normalized spacial score (nSPS) is 16.7. The van der Waals surface area contributed by atoms with Crippen LogP contribution in [0.25, 0.3) is 5.69 Å². The SMILES string of the molecule is CCCc1nc(C(=O)N2CCC(C(C)N)CC2)nn1-c1ccccc1Cl. The predicted molar refractivity (Wildman–Crippen MR) is 103 cm³/mol. The van der Waals surface area contributed by atoms with Crippen molar-refractivity contribution in [3.63, 3.8) is 0 Å². The molecule has 1 unspecified atom stereocenters. The average Bonchev–Trinajstić information content (AvgIpc) is 3.05. The van der Waals surface area contributed by atoms with Crippen molar-refractivity contribution in [1.29, 1.82) is 0 Å². The number of nitrogens with zero attached hydrogens (tertiary/aromatic N) is 4. The first-order valence-electron chi connectivity index (χ1n) is 9.27. The van der Waals surface area contributed by atoms with Crippen molar-refractivity contribution in [1.82, 2.24) is 19.7 Å². The Morgan fingerprint density at radius 2 is 2.04 bits per heavy atom. The van der Waals surface area contributed by atoms with Crippen LogP contribution in [0.4, 0.5) is 0 Å². The third-order valence-corrected chi connectivity index (χ3v) is 5.31. The van der Waals surface area contributed by atoms with Crippen LogP contribution in [0.15, 0.2) is 24.3 Å². The van der Waals surface area contributed by atoms with Gasteiger partial charge in [-0.2, -0.15) is 0 Å². The highest BCUT2D eigenvalue weighted by Crippen LogP contribution is 2.23. The van der Waals surface area contributed by atoms with Crippen molar-refractivity contribution in [3.05, 3.63) is 40.9 Å². The molecule has 1 amide bonds. The molecule has 26 heavy (non-hydrogen) atoms. The van der Waals surface area contributed by atoms with Gasteiger partial charge < -0.3 is 10.6 Å². The zero-order valence-electron chi connectivity index (χ0n) is 15.4. The van der Waals surface area contributed by atoms with Gasteiger partial charge in [0.15, 0.2) is 0 Å². The summed E-state index contributed by atoms with van der Waals surface area (Å²) >= 11 is 6.32. The van der Waals surface area contributed by atoms with Crippen molar-refractivity contribution in [2.75, 3.05) is 13.1 Å². The number of hydrogen-bond acceptors (Lipinski definition) is 4. The molecule has 0 bridgehead atoms. The van der Waals surface area contributed by atoms with E-state index in [-0.39, 0.29) is 17.8 Å². The lowest BCUT2D eigenvalue weighted by Gasteiger charge is -2.33. The minimum Gasteiger partial charge on any atom is -0.336 e. The van der Waals surface area contributed by atoms with Crippen LogP contribution in [0.1, 0.15) is 49.6 Å². The first-order chi connectivity index (χ1) is 12.5. The van der Waals surface area contributed by atoms with Crippen molar-refractivity contribution in [2.24, 2.45) is 11.7 Å². The lowest BCUT2D eigenvalue weighted by molar-refractivity contribution is 0.0668. The molecule has 7 heteroatoms.